The largest absolute Gasteiger partial charge is 0.310 e. The minimum Gasteiger partial charge on any atom is -0.310 e. The van der Waals surface area contributed by atoms with E-state index < -0.39 is 5.41 Å². The summed E-state index contributed by atoms with van der Waals surface area (Å²) in [5.41, 5.74) is 19.4. The Morgan fingerprint density at radius 2 is 0.613 bits per heavy atom. The SMILES string of the molecule is Cc1ccccc1N(c1ccc(C2(c3ccc(N(c4ccccc4C)c4ccccc4C)cc3)c3ccccc3N(c3ccccc3)c3ccccc32)cc1)c1ccccc1C. The highest BCUT2D eigenvalue weighted by Gasteiger charge is 2.46. The van der Waals surface area contributed by atoms with Crippen LogP contribution >= 0.6 is 0 Å². The molecule has 0 radical (unpaired) electrons. The molecule has 1 heterocycles. The van der Waals surface area contributed by atoms with Gasteiger partial charge in [0, 0.05) is 39.8 Å². The van der Waals surface area contributed by atoms with Gasteiger partial charge in [-0.05, 0) is 145 Å². The zero-order chi connectivity index (χ0) is 42.2. The van der Waals surface area contributed by atoms with Gasteiger partial charge in [0.15, 0.2) is 0 Å². The molecule has 62 heavy (non-hydrogen) atoms. The molecule has 1 aliphatic heterocycles. The highest BCUT2D eigenvalue weighted by molar-refractivity contribution is 5.90. The van der Waals surface area contributed by atoms with E-state index >= 15 is 0 Å². The number of hydrogen-bond donors (Lipinski definition) is 0. The molecule has 3 heteroatoms. The highest BCUT2D eigenvalue weighted by Crippen LogP contribution is 2.58. The Bertz CT molecular complexity index is 2740. The summed E-state index contributed by atoms with van der Waals surface area (Å²) >= 11 is 0. The van der Waals surface area contributed by atoms with Crippen LogP contribution in [0, 0.1) is 27.7 Å². The zero-order valence-electron chi connectivity index (χ0n) is 35.7. The average Bonchev–Trinajstić information content (AvgIpc) is 3.31. The van der Waals surface area contributed by atoms with Crippen LogP contribution in [0.1, 0.15) is 44.5 Å². The monoisotopic (exact) mass is 799 g/mol. The lowest BCUT2D eigenvalue weighted by atomic mass is 9.62. The van der Waals surface area contributed by atoms with Gasteiger partial charge in [-0.1, -0.05) is 152 Å². The predicted octanol–water partition coefficient (Wildman–Crippen LogP) is 16.0. The zero-order valence-corrected chi connectivity index (χ0v) is 35.7. The van der Waals surface area contributed by atoms with Crippen molar-refractivity contribution in [1.29, 1.82) is 0 Å². The number of nitrogens with zero attached hydrogens (tertiary/aromatic N) is 3. The Morgan fingerprint density at radius 1 is 0.306 bits per heavy atom. The first-order chi connectivity index (χ1) is 30.4. The fraction of sp³-hybridized carbons (Fsp3) is 0.0847. The number of hydrogen-bond acceptors (Lipinski definition) is 3. The predicted molar refractivity (Wildman–Crippen MR) is 261 cm³/mol. The van der Waals surface area contributed by atoms with Crippen LogP contribution in [-0.2, 0) is 5.41 Å². The van der Waals surface area contributed by atoms with E-state index in [9.17, 15) is 0 Å². The van der Waals surface area contributed by atoms with Crippen molar-refractivity contribution < 1.29 is 0 Å². The normalized spacial score (nSPS) is 12.6. The van der Waals surface area contributed by atoms with Crippen molar-refractivity contribution in [2.45, 2.75) is 33.1 Å². The number of anilines is 9. The van der Waals surface area contributed by atoms with Crippen molar-refractivity contribution >= 4 is 51.2 Å². The molecular weight excluding hydrogens is 751 g/mol. The van der Waals surface area contributed by atoms with E-state index in [4.69, 9.17) is 0 Å². The number of benzene rings is 9. The molecule has 10 rings (SSSR count). The van der Waals surface area contributed by atoms with Crippen LogP contribution in [0.5, 0.6) is 0 Å². The molecule has 1 aliphatic rings. The van der Waals surface area contributed by atoms with Crippen LogP contribution in [0.25, 0.3) is 0 Å². The molecule has 0 aliphatic carbocycles. The van der Waals surface area contributed by atoms with E-state index in [0.29, 0.717) is 0 Å². The lowest BCUT2D eigenvalue weighted by molar-refractivity contribution is 0.731. The van der Waals surface area contributed by atoms with Crippen molar-refractivity contribution in [2.75, 3.05) is 14.7 Å². The highest BCUT2D eigenvalue weighted by atomic mass is 15.2. The van der Waals surface area contributed by atoms with E-state index in [1.807, 2.05) is 0 Å². The van der Waals surface area contributed by atoms with Crippen LogP contribution in [0.3, 0.4) is 0 Å². The van der Waals surface area contributed by atoms with Gasteiger partial charge in [-0.3, -0.25) is 0 Å². The molecule has 0 amide bonds. The van der Waals surface area contributed by atoms with Crippen molar-refractivity contribution in [3.8, 4) is 0 Å². The molecule has 0 fully saturated rings. The van der Waals surface area contributed by atoms with Crippen molar-refractivity contribution in [1.82, 2.24) is 0 Å². The summed E-state index contributed by atoms with van der Waals surface area (Å²) in [6.07, 6.45) is 0. The maximum Gasteiger partial charge on any atom is 0.0742 e. The van der Waals surface area contributed by atoms with Crippen molar-refractivity contribution in [3.63, 3.8) is 0 Å². The topological polar surface area (TPSA) is 9.72 Å². The summed E-state index contributed by atoms with van der Waals surface area (Å²) in [6.45, 7) is 8.78. The second kappa shape index (κ2) is 16.1. The molecule has 0 unspecified atom stereocenters. The third kappa shape index (κ3) is 6.45. The van der Waals surface area contributed by atoms with Gasteiger partial charge in [-0.15, -0.1) is 0 Å². The summed E-state index contributed by atoms with van der Waals surface area (Å²) in [6, 6.07) is 82.2. The fourth-order valence-corrected chi connectivity index (χ4v) is 9.68. The molecule has 9 aromatic rings. The first-order valence-electron chi connectivity index (χ1n) is 21.5. The van der Waals surface area contributed by atoms with Gasteiger partial charge >= 0.3 is 0 Å². The average molecular weight is 800 g/mol. The summed E-state index contributed by atoms with van der Waals surface area (Å²) in [5.74, 6) is 0. The molecular formula is C59H49N3. The number of rotatable bonds is 9. The van der Waals surface area contributed by atoms with Gasteiger partial charge in [0.25, 0.3) is 0 Å². The summed E-state index contributed by atoms with van der Waals surface area (Å²) in [4.78, 5) is 7.24. The van der Waals surface area contributed by atoms with Crippen molar-refractivity contribution in [3.05, 3.63) is 269 Å². The lowest BCUT2D eigenvalue weighted by Gasteiger charge is -2.46. The fourth-order valence-electron chi connectivity index (χ4n) is 9.68. The Hall–Kier alpha value is -7.62. The Labute approximate surface area is 366 Å². The Morgan fingerprint density at radius 3 is 0.968 bits per heavy atom. The quantitative estimate of drug-likeness (QED) is 0.144. The molecule has 0 spiro atoms. The summed E-state index contributed by atoms with van der Waals surface area (Å²) < 4.78 is 0. The Balaban J connectivity index is 1.21. The third-order valence-electron chi connectivity index (χ3n) is 12.7. The van der Waals surface area contributed by atoms with Crippen LogP contribution < -0.4 is 14.7 Å². The number of fused-ring (bicyclic) bond motifs is 2. The van der Waals surface area contributed by atoms with Crippen molar-refractivity contribution in [2.24, 2.45) is 0 Å². The lowest BCUT2D eigenvalue weighted by Crippen LogP contribution is -2.37. The first kappa shape index (κ1) is 38.6. The Kier molecular flexibility index (Phi) is 10.0. The second-order valence-corrected chi connectivity index (χ2v) is 16.4. The van der Waals surface area contributed by atoms with E-state index in [1.165, 1.54) is 67.3 Å². The molecule has 9 aromatic carbocycles. The first-order valence-corrected chi connectivity index (χ1v) is 21.5. The molecule has 0 atom stereocenters. The molecule has 3 nitrogen and oxygen atoms in total. The molecule has 0 aromatic heterocycles. The van der Waals surface area contributed by atoms with E-state index in [-0.39, 0.29) is 0 Å². The van der Waals surface area contributed by atoms with Gasteiger partial charge in [-0.25, -0.2) is 0 Å². The molecule has 0 saturated carbocycles. The number of aryl methyl sites for hydroxylation is 4. The van der Waals surface area contributed by atoms with Crippen LogP contribution in [0.15, 0.2) is 224 Å². The third-order valence-corrected chi connectivity index (χ3v) is 12.7. The summed E-state index contributed by atoms with van der Waals surface area (Å²) in [5, 5.41) is 0. The van der Waals surface area contributed by atoms with E-state index in [0.717, 1.165) is 28.4 Å². The minimum absolute atomic E-state index is 0.665. The van der Waals surface area contributed by atoms with Crippen LogP contribution in [0.4, 0.5) is 51.2 Å². The smallest absolute Gasteiger partial charge is 0.0742 e. The molecule has 0 saturated heterocycles. The van der Waals surface area contributed by atoms with Gasteiger partial charge in [0.05, 0.1) is 16.8 Å². The maximum absolute atomic E-state index is 2.43. The van der Waals surface area contributed by atoms with Crippen LogP contribution in [-0.4, -0.2) is 0 Å². The van der Waals surface area contributed by atoms with Gasteiger partial charge in [-0.2, -0.15) is 0 Å². The van der Waals surface area contributed by atoms with Gasteiger partial charge < -0.3 is 14.7 Å². The van der Waals surface area contributed by atoms with E-state index in [1.54, 1.807) is 0 Å². The standard InChI is InChI=1S/C59H49N3/c1-42-20-8-14-28-53(42)60(54-29-15-9-21-43(54)2)49-38-34-46(35-39-49)59(51-26-12-18-32-57(51)62(48-24-6-5-7-25-48)58-33-19-13-27-52(58)59)47-36-40-50(41-37-47)61(55-30-16-10-22-44(55)3)56-31-17-11-23-45(56)4/h5-41H,1-4H3. The molecule has 300 valence electrons. The van der Waals surface area contributed by atoms with Gasteiger partial charge in [0.2, 0.25) is 0 Å². The van der Waals surface area contributed by atoms with Gasteiger partial charge in [0.1, 0.15) is 0 Å². The van der Waals surface area contributed by atoms with Crippen LogP contribution in [0.2, 0.25) is 0 Å². The maximum atomic E-state index is 2.43. The molecule has 0 bridgehead atoms. The summed E-state index contributed by atoms with van der Waals surface area (Å²) in [7, 11) is 0. The number of para-hydroxylation sites is 7. The minimum atomic E-state index is -0.665. The second-order valence-electron chi connectivity index (χ2n) is 16.4. The van der Waals surface area contributed by atoms with E-state index in [2.05, 4.69) is 267 Å². The molecule has 0 N–H and O–H groups in total.